The van der Waals surface area contributed by atoms with Crippen LogP contribution in [0.4, 0.5) is 0 Å². The van der Waals surface area contributed by atoms with E-state index in [-0.39, 0.29) is 5.97 Å². The lowest BCUT2D eigenvalue weighted by Gasteiger charge is -2.15. The van der Waals surface area contributed by atoms with Gasteiger partial charge in [-0.2, -0.15) is 0 Å². The fraction of sp³-hybridized carbons (Fsp3) is 0.850. The first-order valence-electron chi connectivity index (χ1n) is 9.96. The summed E-state index contributed by atoms with van der Waals surface area (Å²) in [6.07, 6.45) is 11.3. The summed E-state index contributed by atoms with van der Waals surface area (Å²) in [4.78, 5) is 12.0. The van der Waals surface area contributed by atoms with Gasteiger partial charge in [0.15, 0.2) is 0 Å². The molecule has 1 aliphatic heterocycles. The highest BCUT2D eigenvalue weighted by atomic mass is 32.2. The van der Waals surface area contributed by atoms with E-state index in [9.17, 15) is 4.79 Å². The molecular weight excluding hydrogens is 350 g/mol. The van der Waals surface area contributed by atoms with Gasteiger partial charge < -0.3 is 4.74 Å². The van der Waals surface area contributed by atoms with Gasteiger partial charge in [-0.05, 0) is 38.5 Å². The molecule has 0 amide bonds. The molecule has 4 atom stereocenters. The maximum Gasteiger partial charge on any atom is 0.306 e. The highest BCUT2D eigenvalue weighted by molar-refractivity contribution is 8.17. The number of allylic oxidation sites excluding steroid dienone is 1. The summed E-state index contributed by atoms with van der Waals surface area (Å²) < 4.78 is 5.93. The molecule has 2 rings (SSSR count). The summed E-state index contributed by atoms with van der Waals surface area (Å²) in [5.74, 6) is 1.36. The van der Waals surface area contributed by atoms with Gasteiger partial charge in [-0.15, -0.1) is 23.5 Å². The molecular formula is C20H35NO2S2. The Hall–Kier alpha value is -0.130. The molecule has 144 valence electrons. The van der Waals surface area contributed by atoms with Crippen LogP contribution in [-0.4, -0.2) is 34.3 Å². The molecule has 0 aromatic rings. The fourth-order valence-corrected chi connectivity index (χ4v) is 6.39. The van der Waals surface area contributed by atoms with E-state index >= 15 is 0 Å². The first-order valence-corrected chi connectivity index (χ1v) is 12.0. The molecule has 0 spiro atoms. The van der Waals surface area contributed by atoms with Crippen molar-refractivity contribution in [2.75, 3.05) is 12.4 Å². The van der Waals surface area contributed by atoms with Crippen molar-refractivity contribution < 1.29 is 9.53 Å². The SMILES string of the molecule is CCCCC(CC)COC(=O)CCSC1NC2CC=C(C)CCC2S1. The molecule has 3 nitrogen and oxygen atoms in total. The molecule has 0 aromatic carbocycles. The van der Waals surface area contributed by atoms with Crippen LogP contribution in [0.5, 0.6) is 0 Å². The highest BCUT2D eigenvalue weighted by Crippen LogP contribution is 2.39. The molecule has 2 aliphatic rings. The minimum atomic E-state index is -0.0294. The number of nitrogens with one attached hydrogen (secondary N) is 1. The minimum absolute atomic E-state index is 0.0294. The number of esters is 1. The molecule has 1 N–H and O–H groups in total. The molecule has 0 bridgehead atoms. The second kappa shape index (κ2) is 11.6. The Labute approximate surface area is 162 Å². The number of thioether (sulfide) groups is 2. The van der Waals surface area contributed by atoms with E-state index in [1.165, 1.54) is 37.7 Å². The Morgan fingerprint density at radius 1 is 1.48 bits per heavy atom. The van der Waals surface area contributed by atoms with Crippen molar-refractivity contribution in [2.24, 2.45) is 5.92 Å². The van der Waals surface area contributed by atoms with Crippen LogP contribution in [0.3, 0.4) is 0 Å². The second-order valence-electron chi connectivity index (χ2n) is 7.32. The standard InChI is InChI=1S/C20H35NO2S2/c1-4-6-7-16(5-2)14-23-19(22)12-13-24-20-21-17-10-8-15(3)9-11-18(17)25-20/h8,16-18,20-21H,4-7,9-14H2,1-3H3. The molecule has 1 fully saturated rings. The van der Waals surface area contributed by atoms with Gasteiger partial charge in [-0.1, -0.05) is 44.8 Å². The van der Waals surface area contributed by atoms with Crippen LogP contribution in [0.25, 0.3) is 0 Å². The van der Waals surface area contributed by atoms with Gasteiger partial charge in [0.05, 0.1) is 13.0 Å². The van der Waals surface area contributed by atoms with Gasteiger partial charge in [-0.25, -0.2) is 0 Å². The first kappa shape index (κ1) is 21.2. The van der Waals surface area contributed by atoms with Gasteiger partial charge >= 0.3 is 5.97 Å². The topological polar surface area (TPSA) is 38.3 Å². The smallest absolute Gasteiger partial charge is 0.306 e. The predicted octanol–water partition coefficient (Wildman–Crippen LogP) is 5.36. The number of hydrogen-bond donors (Lipinski definition) is 1. The molecule has 1 saturated heterocycles. The maximum atomic E-state index is 12.0. The zero-order valence-corrected chi connectivity index (χ0v) is 17.7. The summed E-state index contributed by atoms with van der Waals surface area (Å²) in [6, 6.07) is 0.607. The van der Waals surface area contributed by atoms with Crippen LogP contribution in [-0.2, 0) is 9.53 Å². The third kappa shape index (κ3) is 7.56. The third-order valence-electron chi connectivity index (χ3n) is 5.24. The molecule has 5 heteroatoms. The lowest BCUT2D eigenvalue weighted by atomic mass is 10.0. The summed E-state index contributed by atoms with van der Waals surface area (Å²) in [6.45, 7) is 7.24. The number of rotatable bonds is 10. The third-order valence-corrected chi connectivity index (χ3v) is 8.16. The van der Waals surface area contributed by atoms with Crippen molar-refractivity contribution in [1.82, 2.24) is 5.32 Å². The Morgan fingerprint density at radius 3 is 3.08 bits per heavy atom. The van der Waals surface area contributed by atoms with Crippen molar-refractivity contribution >= 4 is 29.5 Å². The van der Waals surface area contributed by atoms with Crippen LogP contribution < -0.4 is 5.32 Å². The summed E-state index contributed by atoms with van der Waals surface area (Å²) in [7, 11) is 0. The normalized spacial score (nSPS) is 27.3. The Bertz CT molecular complexity index is 441. The van der Waals surface area contributed by atoms with Crippen molar-refractivity contribution in [3.8, 4) is 0 Å². The fourth-order valence-electron chi connectivity index (χ4n) is 3.38. The molecule has 1 heterocycles. The Balaban J connectivity index is 1.59. The Morgan fingerprint density at radius 2 is 2.32 bits per heavy atom. The molecule has 4 unspecified atom stereocenters. The minimum Gasteiger partial charge on any atom is -0.465 e. The molecule has 1 aliphatic carbocycles. The number of hydrogen-bond acceptors (Lipinski definition) is 5. The summed E-state index contributed by atoms with van der Waals surface area (Å²) >= 11 is 3.93. The highest BCUT2D eigenvalue weighted by Gasteiger charge is 2.34. The van der Waals surface area contributed by atoms with E-state index in [2.05, 4.69) is 43.9 Å². The molecule has 0 radical (unpaired) electrons. The number of fused-ring (bicyclic) bond motifs is 1. The van der Waals surface area contributed by atoms with Gasteiger partial charge in [0, 0.05) is 17.0 Å². The largest absolute Gasteiger partial charge is 0.465 e. The monoisotopic (exact) mass is 385 g/mol. The van der Waals surface area contributed by atoms with Gasteiger partial charge in [0.2, 0.25) is 0 Å². The van der Waals surface area contributed by atoms with E-state index in [0.717, 1.165) is 23.8 Å². The number of carbonyl (C=O) groups is 1. The van der Waals surface area contributed by atoms with E-state index in [1.54, 1.807) is 0 Å². The van der Waals surface area contributed by atoms with Gasteiger partial charge in [0.25, 0.3) is 0 Å². The molecule has 25 heavy (non-hydrogen) atoms. The van der Waals surface area contributed by atoms with Crippen molar-refractivity contribution in [3.63, 3.8) is 0 Å². The zero-order chi connectivity index (χ0) is 18.1. The van der Waals surface area contributed by atoms with Gasteiger partial charge in [-0.3, -0.25) is 10.1 Å². The lowest BCUT2D eigenvalue weighted by molar-refractivity contribution is -0.144. The quantitative estimate of drug-likeness (QED) is 0.405. The van der Waals surface area contributed by atoms with Crippen LogP contribution in [0.2, 0.25) is 0 Å². The van der Waals surface area contributed by atoms with E-state index < -0.39 is 0 Å². The first-order chi connectivity index (χ1) is 12.1. The second-order valence-corrected chi connectivity index (χ2v) is 10.2. The van der Waals surface area contributed by atoms with Crippen molar-refractivity contribution in [1.29, 1.82) is 0 Å². The van der Waals surface area contributed by atoms with E-state index in [0.29, 0.717) is 29.7 Å². The number of carbonyl (C=O) groups excluding carboxylic acids is 1. The van der Waals surface area contributed by atoms with Crippen molar-refractivity contribution in [2.45, 2.75) is 88.1 Å². The summed E-state index contributed by atoms with van der Waals surface area (Å²) in [5.41, 5.74) is 1.54. The molecule has 0 saturated carbocycles. The Kier molecular flexibility index (Phi) is 9.79. The van der Waals surface area contributed by atoms with Crippen LogP contribution in [0.15, 0.2) is 11.6 Å². The van der Waals surface area contributed by atoms with Crippen LogP contribution in [0, 0.1) is 5.92 Å². The average Bonchev–Trinajstić information content (AvgIpc) is 2.92. The van der Waals surface area contributed by atoms with Crippen LogP contribution in [0.1, 0.15) is 72.1 Å². The molecule has 0 aromatic heterocycles. The van der Waals surface area contributed by atoms with Crippen molar-refractivity contribution in [3.05, 3.63) is 11.6 Å². The lowest BCUT2D eigenvalue weighted by Crippen LogP contribution is -2.31. The summed E-state index contributed by atoms with van der Waals surface area (Å²) in [5, 5.41) is 4.46. The number of unbranched alkanes of at least 4 members (excludes halogenated alkanes) is 1. The zero-order valence-electron chi connectivity index (χ0n) is 16.1. The maximum absolute atomic E-state index is 12.0. The predicted molar refractivity (Wildman–Crippen MR) is 111 cm³/mol. The van der Waals surface area contributed by atoms with Gasteiger partial charge in [0.1, 0.15) is 4.71 Å². The number of ether oxygens (including phenoxy) is 1. The van der Waals surface area contributed by atoms with E-state index in [1.807, 2.05) is 11.8 Å². The van der Waals surface area contributed by atoms with Crippen LogP contribution >= 0.6 is 23.5 Å². The average molecular weight is 386 g/mol. The van der Waals surface area contributed by atoms with E-state index in [4.69, 9.17) is 4.74 Å².